The zero-order valence-electron chi connectivity index (χ0n) is 14.3. The minimum atomic E-state index is -1.02. The molecule has 3 N–H and O–H groups in total. The number of aromatic nitrogens is 4. The zero-order chi connectivity index (χ0) is 18.4. The Bertz CT molecular complexity index is 933. The molecule has 2 aromatic heterocycles. The summed E-state index contributed by atoms with van der Waals surface area (Å²) in [6.07, 6.45) is 3.96. The van der Waals surface area contributed by atoms with Crippen LogP contribution in [0.4, 0.5) is 5.95 Å². The number of hydrogen-bond acceptors (Lipinski definition) is 5. The van der Waals surface area contributed by atoms with E-state index in [1.54, 1.807) is 6.33 Å². The summed E-state index contributed by atoms with van der Waals surface area (Å²) >= 11 is 0. The van der Waals surface area contributed by atoms with Gasteiger partial charge in [-0.05, 0) is 24.8 Å². The highest BCUT2D eigenvalue weighted by atomic mass is 16.4. The Balaban J connectivity index is 1.64. The quantitative estimate of drug-likeness (QED) is 0.377. The lowest BCUT2D eigenvalue weighted by molar-refractivity contribution is -0.662. The second kappa shape index (κ2) is 8.28. The predicted octanol–water partition coefficient (Wildman–Crippen LogP) is 0.309. The van der Waals surface area contributed by atoms with E-state index in [2.05, 4.69) is 20.3 Å². The zero-order valence-corrected chi connectivity index (χ0v) is 14.3. The van der Waals surface area contributed by atoms with E-state index in [9.17, 15) is 14.7 Å². The molecule has 0 amide bonds. The van der Waals surface area contributed by atoms with Gasteiger partial charge in [0.25, 0.3) is 11.2 Å². The fourth-order valence-corrected chi connectivity index (χ4v) is 2.80. The van der Waals surface area contributed by atoms with Crippen molar-refractivity contribution < 1.29 is 14.5 Å². The fourth-order valence-electron chi connectivity index (χ4n) is 2.80. The van der Waals surface area contributed by atoms with Crippen LogP contribution in [0.25, 0.3) is 11.2 Å². The smallest absolute Gasteiger partial charge is 0.304 e. The van der Waals surface area contributed by atoms with Gasteiger partial charge in [0.2, 0.25) is 12.3 Å². The Morgan fingerprint density at radius 1 is 1.19 bits per heavy atom. The maximum Gasteiger partial charge on any atom is 0.304 e. The molecule has 0 saturated heterocycles. The van der Waals surface area contributed by atoms with Crippen molar-refractivity contribution in [3.8, 4) is 0 Å². The molecule has 0 atom stereocenters. The summed E-state index contributed by atoms with van der Waals surface area (Å²) in [5.74, 6) is -0.624. The summed E-state index contributed by atoms with van der Waals surface area (Å²) in [7, 11) is 0. The largest absolute Gasteiger partial charge is 0.550 e. The molecule has 0 unspecified atom stereocenters. The van der Waals surface area contributed by atoms with Crippen molar-refractivity contribution in [2.24, 2.45) is 0 Å². The summed E-state index contributed by atoms with van der Waals surface area (Å²) in [6, 6.07) is 9.88. The van der Waals surface area contributed by atoms with E-state index in [1.807, 2.05) is 34.9 Å². The Morgan fingerprint density at radius 2 is 2.00 bits per heavy atom. The van der Waals surface area contributed by atoms with E-state index in [0.29, 0.717) is 36.6 Å². The van der Waals surface area contributed by atoms with E-state index in [0.717, 1.165) is 18.4 Å². The summed E-state index contributed by atoms with van der Waals surface area (Å²) in [4.78, 5) is 33.0. The van der Waals surface area contributed by atoms with Gasteiger partial charge in [0.1, 0.15) is 6.54 Å². The number of imidazole rings is 1. The highest BCUT2D eigenvalue weighted by molar-refractivity contribution is 5.66. The normalized spacial score (nSPS) is 10.9. The third-order valence-corrected chi connectivity index (χ3v) is 4.09. The number of carboxylic acids is 1. The molecule has 0 fully saturated rings. The summed E-state index contributed by atoms with van der Waals surface area (Å²) in [5.41, 5.74) is 1.89. The average molecular weight is 355 g/mol. The lowest BCUT2D eigenvalue weighted by atomic mass is 10.2. The first-order valence-electron chi connectivity index (χ1n) is 8.62. The second-order valence-corrected chi connectivity index (χ2v) is 6.11. The Labute approximate surface area is 149 Å². The van der Waals surface area contributed by atoms with E-state index >= 15 is 0 Å². The van der Waals surface area contributed by atoms with Crippen molar-refractivity contribution in [3.63, 3.8) is 0 Å². The monoisotopic (exact) mass is 355 g/mol. The van der Waals surface area contributed by atoms with Gasteiger partial charge in [-0.15, -0.1) is 0 Å². The molecule has 0 saturated carbocycles. The fraction of sp³-hybridized carbons (Fsp3) is 0.333. The molecule has 0 aliphatic rings. The highest BCUT2D eigenvalue weighted by Gasteiger charge is 2.16. The number of aromatic amines is 2. The number of anilines is 1. The van der Waals surface area contributed by atoms with Gasteiger partial charge < -0.3 is 15.2 Å². The molecule has 3 rings (SSSR count). The van der Waals surface area contributed by atoms with Gasteiger partial charge in [-0.3, -0.25) is 9.78 Å². The predicted molar refractivity (Wildman–Crippen MR) is 94.4 cm³/mol. The van der Waals surface area contributed by atoms with Crippen molar-refractivity contribution in [2.75, 3.05) is 11.9 Å². The SMILES string of the molecule is O=C([O-])CCCCCNc1nc2[nH]c[n+](Cc3ccccc3)c2c(=O)[nH]1. The first kappa shape index (κ1) is 17.7. The maximum absolute atomic E-state index is 12.4. The summed E-state index contributed by atoms with van der Waals surface area (Å²) < 4.78 is 1.83. The molecule has 136 valence electrons. The van der Waals surface area contributed by atoms with Crippen LogP contribution >= 0.6 is 0 Å². The number of rotatable bonds is 9. The molecule has 0 radical (unpaired) electrons. The van der Waals surface area contributed by atoms with Crippen molar-refractivity contribution in [3.05, 3.63) is 52.6 Å². The number of carboxylic acid groups (broad SMARTS) is 1. The molecule has 0 aliphatic heterocycles. The molecular formula is C18H21N5O3. The number of unbranched alkanes of at least 4 members (excludes halogenated alkanes) is 2. The first-order chi connectivity index (χ1) is 12.6. The van der Waals surface area contributed by atoms with E-state index in [-0.39, 0.29) is 12.0 Å². The summed E-state index contributed by atoms with van der Waals surface area (Å²) in [6.45, 7) is 1.18. The number of aliphatic carboxylic acids is 1. The molecule has 0 spiro atoms. The molecule has 3 aromatic rings. The van der Waals surface area contributed by atoms with Gasteiger partial charge in [0, 0.05) is 12.5 Å². The number of carbonyl (C=O) groups is 1. The molecular weight excluding hydrogens is 334 g/mol. The molecule has 26 heavy (non-hydrogen) atoms. The van der Waals surface area contributed by atoms with Crippen molar-refractivity contribution >= 4 is 23.1 Å². The second-order valence-electron chi connectivity index (χ2n) is 6.11. The van der Waals surface area contributed by atoms with Crippen LogP contribution in [0, 0.1) is 0 Å². The number of carbonyl (C=O) groups excluding carboxylic acids is 1. The number of hydrogen-bond donors (Lipinski definition) is 3. The number of benzene rings is 1. The van der Waals surface area contributed by atoms with Crippen LogP contribution in [0.1, 0.15) is 31.2 Å². The Morgan fingerprint density at radius 3 is 2.77 bits per heavy atom. The van der Waals surface area contributed by atoms with Crippen molar-refractivity contribution in [1.29, 1.82) is 0 Å². The van der Waals surface area contributed by atoms with Crippen LogP contribution in [0.3, 0.4) is 0 Å². The van der Waals surface area contributed by atoms with Crippen LogP contribution < -0.4 is 20.5 Å². The van der Waals surface area contributed by atoms with E-state index in [4.69, 9.17) is 0 Å². The minimum Gasteiger partial charge on any atom is -0.550 e. The van der Waals surface area contributed by atoms with Gasteiger partial charge in [-0.2, -0.15) is 4.98 Å². The lowest BCUT2D eigenvalue weighted by Crippen LogP contribution is -2.36. The van der Waals surface area contributed by atoms with E-state index in [1.165, 1.54) is 0 Å². The molecule has 0 bridgehead atoms. The average Bonchev–Trinajstić information content (AvgIpc) is 3.02. The Kier molecular flexibility index (Phi) is 5.62. The number of H-pyrrole nitrogens is 2. The molecule has 8 nitrogen and oxygen atoms in total. The first-order valence-corrected chi connectivity index (χ1v) is 8.62. The molecule has 2 heterocycles. The van der Waals surface area contributed by atoms with Gasteiger partial charge >= 0.3 is 5.56 Å². The third kappa shape index (κ3) is 4.47. The molecule has 8 heteroatoms. The number of fused-ring (bicyclic) bond motifs is 1. The number of nitrogens with one attached hydrogen (secondary N) is 3. The van der Waals surface area contributed by atoms with Crippen LogP contribution in [0.2, 0.25) is 0 Å². The summed E-state index contributed by atoms with van der Waals surface area (Å²) in [5, 5.41) is 13.4. The van der Waals surface area contributed by atoms with Gasteiger partial charge in [0.05, 0.1) is 0 Å². The minimum absolute atomic E-state index is 0.0743. The van der Waals surface area contributed by atoms with Gasteiger partial charge in [0.15, 0.2) is 0 Å². The van der Waals surface area contributed by atoms with Crippen LogP contribution in [0.15, 0.2) is 41.5 Å². The number of nitrogens with zero attached hydrogens (tertiary/aromatic N) is 2. The standard InChI is InChI=1S/C18H21N5O3/c24-14(25)9-5-2-6-10-19-18-21-16-15(17(26)22-18)23(12-20-16)11-13-7-3-1-4-8-13/h1,3-4,7-8,12H,2,5-6,9-11H2,(H3,19,21,22,24,25,26). The Hall–Kier alpha value is -3.16. The van der Waals surface area contributed by atoms with Crippen LogP contribution in [-0.4, -0.2) is 27.5 Å². The van der Waals surface area contributed by atoms with Crippen molar-refractivity contribution in [2.45, 2.75) is 32.2 Å². The maximum atomic E-state index is 12.4. The van der Waals surface area contributed by atoms with Crippen molar-refractivity contribution in [1.82, 2.24) is 15.0 Å². The highest BCUT2D eigenvalue weighted by Crippen LogP contribution is 2.05. The molecule has 0 aliphatic carbocycles. The van der Waals surface area contributed by atoms with Gasteiger partial charge in [-0.25, -0.2) is 9.55 Å². The van der Waals surface area contributed by atoms with Crippen LogP contribution in [0.5, 0.6) is 0 Å². The molecule has 1 aromatic carbocycles. The third-order valence-electron chi connectivity index (χ3n) is 4.09. The lowest BCUT2D eigenvalue weighted by Gasteiger charge is -2.05. The van der Waals surface area contributed by atoms with Crippen LogP contribution in [-0.2, 0) is 11.3 Å². The van der Waals surface area contributed by atoms with Gasteiger partial charge in [-0.1, -0.05) is 36.8 Å². The van der Waals surface area contributed by atoms with E-state index < -0.39 is 5.97 Å². The topological polar surface area (TPSA) is 118 Å².